The van der Waals surface area contributed by atoms with E-state index in [1.54, 1.807) is 20.8 Å². The highest BCUT2D eigenvalue weighted by Crippen LogP contribution is 2.09. The van der Waals surface area contributed by atoms with Crippen LogP contribution in [0.2, 0.25) is 0 Å². The van der Waals surface area contributed by atoms with Gasteiger partial charge in [-0.15, -0.1) is 0 Å². The van der Waals surface area contributed by atoms with Crippen molar-refractivity contribution in [3.05, 3.63) is 35.9 Å². The van der Waals surface area contributed by atoms with E-state index >= 15 is 0 Å². The van der Waals surface area contributed by atoms with Crippen molar-refractivity contribution in [2.75, 3.05) is 0 Å². The predicted molar refractivity (Wildman–Crippen MR) is 80.1 cm³/mol. The van der Waals surface area contributed by atoms with Crippen LogP contribution in [-0.2, 0) is 25.5 Å². The fourth-order valence-electron chi connectivity index (χ4n) is 1.71. The van der Waals surface area contributed by atoms with Crippen LogP contribution in [0.15, 0.2) is 30.3 Å². The zero-order valence-corrected chi connectivity index (χ0v) is 13.2. The highest BCUT2D eigenvalue weighted by atomic mass is 16.6. The van der Waals surface area contributed by atoms with Crippen LogP contribution >= 0.6 is 0 Å². The zero-order chi connectivity index (χ0) is 16.8. The number of benzene rings is 1. The zero-order valence-electron chi connectivity index (χ0n) is 13.2. The summed E-state index contributed by atoms with van der Waals surface area (Å²) in [4.78, 5) is 34.7. The Morgan fingerprint density at radius 1 is 1.14 bits per heavy atom. The molecule has 0 unspecified atom stereocenters. The Balaban J connectivity index is 2.80. The summed E-state index contributed by atoms with van der Waals surface area (Å²) in [5.41, 5.74) is 0.135. The standard InChI is InChI=1S/C16H21NO5/c1-11(18)21-14(19)13(10-12-8-6-5-7-9-12)17-15(20)22-16(2,3)4/h5-9,13H,10H2,1-4H3,(H,17,20)/t13-/m0/s1. The lowest BCUT2D eigenvalue weighted by atomic mass is 10.1. The molecule has 0 fully saturated rings. The number of carbonyl (C=O) groups is 3. The molecule has 0 aliphatic rings. The van der Waals surface area contributed by atoms with E-state index in [1.807, 2.05) is 30.3 Å². The Morgan fingerprint density at radius 3 is 2.23 bits per heavy atom. The summed E-state index contributed by atoms with van der Waals surface area (Å²) < 4.78 is 9.69. The van der Waals surface area contributed by atoms with Gasteiger partial charge in [-0.05, 0) is 26.3 Å². The smallest absolute Gasteiger partial charge is 0.408 e. The summed E-state index contributed by atoms with van der Waals surface area (Å²) in [5, 5.41) is 2.44. The van der Waals surface area contributed by atoms with E-state index in [4.69, 9.17) is 4.74 Å². The van der Waals surface area contributed by atoms with E-state index in [0.29, 0.717) is 0 Å². The van der Waals surface area contributed by atoms with Gasteiger partial charge >= 0.3 is 18.0 Å². The van der Waals surface area contributed by atoms with Crippen molar-refractivity contribution in [1.29, 1.82) is 0 Å². The lowest BCUT2D eigenvalue weighted by molar-refractivity contribution is -0.159. The maximum atomic E-state index is 11.9. The first-order valence-electron chi connectivity index (χ1n) is 6.93. The van der Waals surface area contributed by atoms with E-state index in [-0.39, 0.29) is 6.42 Å². The molecule has 1 amide bonds. The average Bonchev–Trinajstić information content (AvgIpc) is 2.36. The van der Waals surface area contributed by atoms with Gasteiger partial charge in [0.25, 0.3) is 0 Å². The predicted octanol–water partition coefficient (Wildman–Crippen LogP) is 2.21. The van der Waals surface area contributed by atoms with Crippen molar-refractivity contribution in [3.63, 3.8) is 0 Å². The number of hydrogen-bond acceptors (Lipinski definition) is 5. The number of carbonyl (C=O) groups excluding carboxylic acids is 3. The summed E-state index contributed by atoms with van der Waals surface area (Å²) in [6.45, 7) is 6.27. The molecular weight excluding hydrogens is 286 g/mol. The second-order valence-corrected chi connectivity index (χ2v) is 5.80. The molecule has 0 spiro atoms. The first kappa shape index (κ1) is 17.7. The molecule has 1 atom stereocenters. The maximum Gasteiger partial charge on any atom is 0.408 e. The molecule has 0 aliphatic heterocycles. The van der Waals surface area contributed by atoms with Crippen LogP contribution in [-0.4, -0.2) is 29.7 Å². The minimum atomic E-state index is -0.999. The largest absolute Gasteiger partial charge is 0.444 e. The minimum absolute atomic E-state index is 0.201. The van der Waals surface area contributed by atoms with Gasteiger partial charge in [0.2, 0.25) is 0 Å². The molecule has 0 aliphatic carbocycles. The van der Waals surface area contributed by atoms with Crippen molar-refractivity contribution in [3.8, 4) is 0 Å². The molecule has 1 aromatic rings. The topological polar surface area (TPSA) is 81.7 Å². The maximum absolute atomic E-state index is 11.9. The Labute approximate surface area is 129 Å². The van der Waals surface area contributed by atoms with Gasteiger partial charge in [-0.1, -0.05) is 30.3 Å². The van der Waals surface area contributed by atoms with Crippen molar-refractivity contribution in [2.45, 2.75) is 45.8 Å². The van der Waals surface area contributed by atoms with Crippen LogP contribution in [0.25, 0.3) is 0 Å². The first-order chi connectivity index (χ1) is 10.2. The van der Waals surface area contributed by atoms with Gasteiger partial charge in [0, 0.05) is 13.3 Å². The quantitative estimate of drug-likeness (QED) is 0.681. The Hall–Kier alpha value is -2.37. The monoisotopic (exact) mass is 307 g/mol. The molecular formula is C16H21NO5. The Bertz CT molecular complexity index is 533. The van der Waals surface area contributed by atoms with Gasteiger partial charge in [0.1, 0.15) is 11.6 Å². The number of nitrogens with one attached hydrogen (secondary N) is 1. The fraction of sp³-hybridized carbons (Fsp3) is 0.438. The van der Waals surface area contributed by atoms with E-state index in [9.17, 15) is 14.4 Å². The summed E-state index contributed by atoms with van der Waals surface area (Å²) >= 11 is 0. The second-order valence-electron chi connectivity index (χ2n) is 5.80. The van der Waals surface area contributed by atoms with E-state index in [0.717, 1.165) is 12.5 Å². The number of rotatable bonds is 4. The lowest BCUT2D eigenvalue weighted by Crippen LogP contribution is -2.45. The second kappa shape index (κ2) is 7.59. The molecule has 1 aromatic carbocycles. The molecule has 6 heteroatoms. The fourth-order valence-corrected chi connectivity index (χ4v) is 1.71. The van der Waals surface area contributed by atoms with Gasteiger partial charge in [0.15, 0.2) is 0 Å². The van der Waals surface area contributed by atoms with E-state index < -0.39 is 29.7 Å². The summed E-state index contributed by atoms with van der Waals surface area (Å²) in [6, 6.07) is 8.09. The van der Waals surface area contributed by atoms with Gasteiger partial charge < -0.3 is 14.8 Å². The lowest BCUT2D eigenvalue weighted by Gasteiger charge is -2.22. The molecule has 120 valence electrons. The van der Waals surface area contributed by atoms with Crippen molar-refractivity contribution < 1.29 is 23.9 Å². The molecule has 0 aromatic heterocycles. The van der Waals surface area contributed by atoms with Crippen LogP contribution in [0, 0.1) is 0 Å². The van der Waals surface area contributed by atoms with Crippen molar-refractivity contribution in [2.24, 2.45) is 0 Å². The molecule has 0 bridgehead atoms. The Morgan fingerprint density at radius 2 is 1.73 bits per heavy atom. The first-order valence-corrected chi connectivity index (χ1v) is 6.93. The summed E-state index contributed by atoms with van der Waals surface area (Å²) in [5.74, 6) is -1.55. The van der Waals surface area contributed by atoms with Gasteiger partial charge in [-0.25, -0.2) is 9.59 Å². The van der Waals surface area contributed by atoms with Crippen LogP contribution in [0.3, 0.4) is 0 Å². The third-order valence-electron chi connectivity index (χ3n) is 2.50. The molecule has 0 saturated heterocycles. The molecule has 1 N–H and O–H groups in total. The normalized spacial score (nSPS) is 12.2. The Kier molecular flexibility index (Phi) is 6.10. The molecule has 0 heterocycles. The van der Waals surface area contributed by atoms with Gasteiger partial charge in [-0.3, -0.25) is 4.79 Å². The van der Waals surface area contributed by atoms with Crippen LogP contribution in [0.4, 0.5) is 4.79 Å². The third-order valence-corrected chi connectivity index (χ3v) is 2.50. The van der Waals surface area contributed by atoms with Gasteiger partial charge in [0.05, 0.1) is 0 Å². The van der Waals surface area contributed by atoms with Crippen LogP contribution < -0.4 is 5.32 Å². The van der Waals surface area contributed by atoms with Gasteiger partial charge in [-0.2, -0.15) is 0 Å². The third kappa shape index (κ3) is 6.88. The molecule has 6 nitrogen and oxygen atoms in total. The summed E-state index contributed by atoms with van der Waals surface area (Å²) in [6.07, 6.45) is -0.541. The van der Waals surface area contributed by atoms with Crippen LogP contribution in [0.5, 0.6) is 0 Å². The minimum Gasteiger partial charge on any atom is -0.444 e. The number of hydrogen-bond donors (Lipinski definition) is 1. The molecule has 22 heavy (non-hydrogen) atoms. The summed E-state index contributed by atoms with van der Waals surface area (Å²) in [7, 11) is 0. The van der Waals surface area contributed by atoms with E-state index in [2.05, 4.69) is 10.1 Å². The number of amides is 1. The number of esters is 2. The molecule has 1 rings (SSSR count). The number of alkyl carbamates (subject to hydrolysis) is 1. The highest BCUT2D eigenvalue weighted by molar-refractivity contribution is 5.89. The highest BCUT2D eigenvalue weighted by Gasteiger charge is 2.26. The van der Waals surface area contributed by atoms with Crippen LogP contribution in [0.1, 0.15) is 33.3 Å². The van der Waals surface area contributed by atoms with E-state index in [1.165, 1.54) is 0 Å². The SMILES string of the molecule is CC(=O)OC(=O)[C@H](Cc1ccccc1)NC(=O)OC(C)(C)C. The average molecular weight is 307 g/mol. The van der Waals surface area contributed by atoms with Crippen molar-refractivity contribution >= 4 is 18.0 Å². The number of ether oxygens (including phenoxy) is 2. The molecule has 0 radical (unpaired) electrons. The van der Waals surface area contributed by atoms with Crippen molar-refractivity contribution in [1.82, 2.24) is 5.32 Å². The molecule has 0 saturated carbocycles.